The van der Waals surface area contributed by atoms with E-state index < -0.39 is 5.82 Å². The van der Waals surface area contributed by atoms with Gasteiger partial charge in [0.2, 0.25) is 5.91 Å². The van der Waals surface area contributed by atoms with Gasteiger partial charge in [0.1, 0.15) is 5.82 Å². The molecule has 1 unspecified atom stereocenters. The van der Waals surface area contributed by atoms with Crippen molar-refractivity contribution in [2.45, 2.75) is 24.1 Å². The number of hydrogen-bond donors (Lipinski definition) is 0. The van der Waals surface area contributed by atoms with Crippen molar-refractivity contribution >= 4 is 33.4 Å². The van der Waals surface area contributed by atoms with Crippen LogP contribution in [0.25, 0.3) is 0 Å². The number of carbonyl (C=O) groups excluding carboxylic acids is 1. The van der Waals surface area contributed by atoms with E-state index in [2.05, 4.69) is 15.9 Å². The van der Waals surface area contributed by atoms with Crippen molar-refractivity contribution in [2.75, 3.05) is 13.1 Å². The fourth-order valence-electron chi connectivity index (χ4n) is 2.12. The van der Waals surface area contributed by atoms with E-state index in [1.54, 1.807) is 17.0 Å². The van der Waals surface area contributed by atoms with Crippen LogP contribution >= 0.6 is 27.5 Å². The molecule has 0 bridgehead atoms. The number of nitrogens with zero attached hydrogens (tertiary/aromatic N) is 1. The van der Waals surface area contributed by atoms with Crippen LogP contribution < -0.4 is 0 Å². The first-order valence-corrected chi connectivity index (χ1v) is 7.22. The standard InChI is InChI=1S/C13H14BrClFNO/c14-9-3-2-6-17(8-9)13(18)7-10-11(15)4-1-5-12(10)16/h1,4-5,9H,2-3,6-8H2. The molecular weight excluding hydrogens is 321 g/mol. The molecule has 98 valence electrons. The van der Waals surface area contributed by atoms with Crippen molar-refractivity contribution in [1.82, 2.24) is 4.90 Å². The van der Waals surface area contributed by atoms with Crippen molar-refractivity contribution in [3.05, 3.63) is 34.6 Å². The van der Waals surface area contributed by atoms with Gasteiger partial charge in [0, 0.05) is 28.5 Å². The molecule has 5 heteroatoms. The molecule has 1 fully saturated rings. The minimum atomic E-state index is -0.414. The van der Waals surface area contributed by atoms with E-state index in [-0.39, 0.29) is 12.3 Å². The minimum absolute atomic E-state index is 0.0330. The summed E-state index contributed by atoms with van der Waals surface area (Å²) in [6.45, 7) is 1.43. The number of carbonyl (C=O) groups is 1. The highest BCUT2D eigenvalue weighted by Crippen LogP contribution is 2.22. The summed E-state index contributed by atoms with van der Waals surface area (Å²) >= 11 is 9.44. The third-order valence-electron chi connectivity index (χ3n) is 3.11. The highest BCUT2D eigenvalue weighted by molar-refractivity contribution is 9.09. The summed E-state index contributed by atoms with van der Waals surface area (Å²) in [4.78, 5) is 14.2. The van der Waals surface area contributed by atoms with Crippen LogP contribution in [0.5, 0.6) is 0 Å². The maximum Gasteiger partial charge on any atom is 0.227 e. The lowest BCUT2D eigenvalue weighted by Gasteiger charge is -2.30. The Balaban J connectivity index is 2.07. The average molecular weight is 335 g/mol. The first kappa shape index (κ1) is 13.8. The van der Waals surface area contributed by atoms with Crippen LogP contribution in [0, 0.1) is 5.82 Å². The molecule has 1 aliphatic rings. The second-order valence-corrected chi connectivity index (χ2v) is 6.16. The largest absolute Gasteiger partial charge is 0.341 e. The molecule has 0 N–H and O–H groups in total. The molecule has 0 aliphatic carbocycles. The third-order valence-corrected chi connectivity index (χ3v) is 4.21. The van der Waals surface area contributed by atoms with Gasteiger partial charge in [-0.3, -0.25) is 4.79 Å². The van der Waals surface area contributed by atoms with Gasteiger partial charge in [-0.25, -0.2) is 4.39 Å². The third kappa shape index (κ3) is 3.23. The molecule has 1 heterocycles. The molecule has 0 radical (unpaired) electrons. The van der Waals surface area contributed by atoms with E-state index in [1.807, 2.05) is 0 Å². The van der Waals surface area contributed by atoms with Gasteiger partial charge >= 0.3 is 0 Å². The zero-order valence-corrected chi connectivity index (χ0v) is 12.2. The molecule has 1 atom stereocenters. The van der Waals surface area contributed by atoms with Crippen molar-refractivity contribution in [2.24, 2.45) is 0 Å². The minimum Gasteiger partial charge on any atom is -0.341 e. The molecule has 0 spiro atoms. The van der Waals surface area contributed by atoms with E-state index in [1.165, 1.54) is 6.07 Å². The second-order valence-electron chi connectivity index (χ2n) is 4.46. The van der Waals surface area contributed by atoms with Crippen LogP contribution in [0.15, 0.2) is 18.2 Å². The first-order valence-electron chi connectivity index (χ1n) is 5.92. The van der Waals surface area contributed by atoms with Gasteiger partial charge in [-0.15, -0.1) is 0 Å². The van der Waals surface area contributed by atoms with Gasteiger partial charge in [0.15, 0.2) is 0 Å². The lowest BCUT2D eigenvalue weighted by atomic mass is 10.1. The summed E-state index contributed by atoms with van der Waals surface area (Å²) in [5, 5.41) is 0.316. The van der Waals surface area contributed by atoms with Crippen LogP contribution in [-0.4, -0.2) is 28.7 Å². The first-order chi connectivity index (χ1) is 8.58. The molecule has 1 aromatic carbocycles. The molecule has 2 nitrogen and oxygen atoms in total. The number of rotatable bonds is 2. The zero-order chi connectivity index (χ0) is 13.1. The highest BCUT2D eigenvalue weighted by Gasteiger charge is 2.23. The molecule has 2 rings (SSSR count). The van der Waals surface area contributed by atoms with Crippen LogP contribution in [0.2, 0.25) is 5.02 Å². The Morgan fingerprint density at radius 1 is 1.56 bits per heavy atom. The molecule has 1 aliphatic heterocycles. The molecule has 1 aromatic rings. The molecule has 0 aromatic heterocycles. The number of hydrogen-bond acceptors (Lipinski definition) is 1. The SMILES string of the molecule is O=C(Cc1c(F)cccc1Cl)N1CCCC(Br)C1. The summed E-state index contributed by atoms with van der Waals surface area (Å²) in [5.41, 5.74) is 0.292. The van der Waals surface area contributed by atoms with Gasteiger partial charge in [-0.2, -0.15) is 0 Å². The Hall–Kier alpha value is -0.610. The van der Waals surface area contributed by atoms with Crippen molar-refractivity contribution in [3.63, 3.8) is 0 Å². The molecule has 0 saturated carbocycles. The van der Waals surface area contributed by atoms with Crippen LogP contribution in [-0.2, 0) is 11.2 Å². The van der Waals surface area contributed by atoms with Crippen molar-refractivity contribution in [1.29, 1.82) is 0 Å². The van der Waals surface area contributed by atoms with Crippen molar-refractivity contribution in [3.8, 4) is 0 Å². The summed E-state index contributed by atoms with van der Waals surface area (Å²) in [6.07, 6.45) is 2.09. The monoisotopic (exact) mass is 333 g/mol. The van der Waals surface area contributed by atoms with Crippen LogP contribution in [0.4, 0.5) is 4.39 Å². The molecule has 1 saturated heterocycles. The Bertz CT molecular complexity index is 434. The highest BCUT2D eigenvalue weighted by atomic mass is 79.9. The maximum atomic E-state index is 13.6. The van der Waals surface area contributed by atoms with E-state index in [0.717, 1.165) is 19.4 Å². The summed E-state index contributed by atoms with van der Waals surface area (Å²) < 4.78 is 13.6. The summed E-state index contributed by atoms with van der Waals surface area (Å²) in [6, 6.07) is 4.48. The smallest absolute Gasteiger partial charge is 0.227 e. The number of piperidine rings is 1. The lowest BCUT2D eigenvalue weighted by molar-refractivity contribution is -0.131. The predicted octanol–water partition coefficient (Wildman–Crippen LogP) is 3.41. The molecule has 18 heavy (non-hydrogen) atoms. The second kappa shape index (κ2) is 6.02. The van der Waals surface area contributed by atoms with Gasteiger partial charge in [-0.1, -0.05) is 33.6 Å². The van der Waals surface area contributed by atoms with E-state index in [9.17, 15) is 9.18 Å². The normalized spacial score (nSPS) is 19.9. The Kier molecular flexibility index (Phi) is 4.62. The number of amides is 1. The van der Waals surface area contributed by atoms with Gasteiger partial charge < -0.3 is 4.90 Å². The van der Waals surface area contributed by atoms with E-state index in [0.29, 0.717) is 22.0 Å². The number of halogens is 3. The number of alkyl halides is 1. The maximum absolute atomic E-state index is 13.6. The quantitative estimate of drug-likeness (QED) is 0.759. The molecular formula is C13H14BrClFNO. The Morgan fingerprint density at radius 3 is 3.00 bits per heavy atom. The summed E-state index contributed by atoms with van der Waals surface area (Å²) in [5.74, 6) is -0.477. The predicted molar refractivity (Wildman–Crippen MR) is 73.6 cm³/mol. The van der Waals surface area contributed by atoms with Crippen LogP contribution in [0.3, 0.4) is 0 Å². The zero-order valence-electron chi connectivity index (χ0n) is 9.83. The number of benzene rings is 1. The van der Waals surface area contributed by atoms with Crippen LogP contribution in [0.1, 0.15) is 18.4 Å². The Morgan fingerprint density at radius 2 is 2.33 bits per heavy atom. The summed E-state index contributed by atoms with van der Waals surface area (Å²) in [7, 11) is 0. The topological polar surface area (TPSA) is 20.3 Å². The average Bonchev–Trinajstić information content (AvgIpc) is 2.34. The number of likely N-dealkylation sites (tertiary alicyclic amines) is 1. The fraction of sp³-hybridized carbons (Fsp3) is 0.462. The fourth-order valence-corrected chi connectivity index (χ4v) is 3.02. The van der Waals surface area contributed by atoms with Gasteiger partial charge in [0.25, 0.3) is 0 Å². The lowest BCUT2D eigenvalue weighted by Crippen LogP contribution is -2.41. The molecule has 1 amide bonds. The van der Waals surface area contributed by atoms with E-state index >= 15 is 0 Å². The van der Waals surface area contributed by atoms with Crippen molar-refractivity contribution < 1.29 is 9.18 Å². The Labute approximate surface area is 119 Å². The van der Waals surface area contributed by atoms with E-state index in [4.69, 9.17) is 11.6 Å². The van der Waals surface area contributed by atoms with Gasteiger partial charge in [-0.05, 0) is 25.0 Å². The van der Waals surface area contributed by atoms with Gasteiger partial charge in [0.05, 0.1) is 6.42 Å².